The molecular formula is C17H33P. The highest BCUT2D eigenvalue weighted by atomic mass is 31.1. The van der Waals surface area contributed by atoms with Gasteiger partial charge < -0.3 is 0 Å². The Kier molecular flexibility index (Phi) is 5.10. The molecule has 1 rings (SSSR count). The van der Waals surface area contributed by atoms with E-state index in [4.69, 9.17) is 0 Å². The normalized spacial score (nSPS) is 34.4. The Bertz CT molecular complexity index is 305. The average molecular weight is 268 g/mol. The van der Waals surface area contributed by atoms with Crippen LogP contribution in [0, 0.1) is 23.2 Å². The molecule has 18 heavy (non-hydrogen) atoms. The molecule has 1 aliphatic rings. The number of hydrogen-bond donors (Lipinski definition) is 0. The van der Waals surface area contributed by atoms with Gasteiger partial charge in [0, 0.05) is 5.16 Å². The van der Waals surface area contributed by atoms with Gasteiger partial charge in [0.05, 0.1) is 0 Å². The first-order valence-corrected chi connectivity index (χ1v) is 8.75. The van der Waals surface area contributed by atoms with Crippen molar-refractivity contribution >= 4 is 8.58 Å². The largest absolute Gasteiger partial charge is 0.106 e. The summed E-state index contributed by atoms with van der Waals surface area (Å²) in [6.45, 7) is 19.2. The van der Waals surface area contributed by atoms with E-state index in [2.05, 4.69) is 67.5 Å². The molecule has 0 aromatic rings. The van der Waals surface area contributed by atoms with Gasteiger partial charge in [-0.3, -0.25) is 0 Å². The molecule has 0 nitrogen and oxygen atoms in total. The molecule has 1 fully saturated rings. The van der Waals surface area contributed by atoms with Gasteiger partial charge in [-0.25, -0.2) is 0 Å². The fourth-order valence-electron chi connectivity index (χ4n) is 3.55. The van der Waals surface area contributed by atoms with E-state index in [0.29, 0.717) is 10.6 Å². The minimum atomic E-state index is 0.496. The summed E-state index contributed by atoms with van der Waals surface area (Å²) in [5.41, 5.74) is 1.41. The SMILES string of the molecule is CC=CC1(C(C)C)PC1C(C)C(C)(CC)C(C)C. The van der Waals surface area contributed by atoms with Crippen molar-refractivity contribution in [1.82, 2.24) is 0 Å². The maximum absolute atomic E-state index is 2.51. The Balaban J connectivity index is 2.91. The molecule has 1 heterocycles. The highest BCUT2D eigenvalue weighted by Gasteiger charge is 2.59. The van der Waals surface area contributed by atoms with Gasteiger partial charge in [-0.1, -0.05) is 67.0 Å². The van der Waals surface area contributed by atoms with Crippen LogP contribution in [0.1, 0.15) is 61.8 Å². The van der Waals surface area contributed by atoms with Gasteiger partial charge in [0.2, 0.25) is 0 Å². The van der Waals surface area contributed by atoms with Crippen molar-refractivity contribution in [3.8, 4) is 0 Å². The summed E-state index contributed by atoms with van der Waals surface area (Å²) < 4.78 is 0. The fourth-order valence-corrected chi connectivity index (χ4v) is 5.91. The maximum atomic E-state index is 2.51. The smallest absolute Gasteiger partial charge is 0.0149 e. The van der Waals surface area contributed by atoms with Crippen molar-refractivity contribution < 1.29 is 0 Å². The second-order valence-corrected chi connectivity index (χ2v) is 8.79. The molecule has 106 valence electrons. The van der Waals surface area contributed by atoms with Crippen molar-refractivity contribution in [2.45, 2.75) is 72.6 Å². The molecule has 0 aromatic carbocycles. The lowest BCUT2D eigenvalue weighted by Crippen LogP contribution is -2.37. The summed E-state index contributed by atoms with van der Waals surface area (Å²) in [6.07, 6.45) is 6.09. The van der Waals surface area contributed by atoms with Crippen LogP contribution in [-0.2, 0) is 0 Å². The molecule has 1 heteroatoms. The highest BCUT2D eigenvalue weighted by Crippen LogP contribution is 2.70. The lowest BCUT2D eigenvalue weighted by molar-refractivity contribution is 0.116. The topological polar surface area (TPSA) is 0 Å². The molecule has 0 bridgehead atoms. The first-order chi connectivity index (χ1) is 8.26. The van der Waals surface area contributed by atoms with Gasteiger partial charge in [-0.2, -0.15) is 0 Å². The second kappa shape index (κ2) is 5.66. The van der Waals surface area contributed by atoms with Crippen molar-refractivity contribution in [3.05, 3.63) is 12.2 Å². The summed E-state index contributed by atoms with van der Waals surface area (Å²) in [5.74, 6) is 2.39. The van der Waals surface area contributed by atoms with Crippen LogP contribution in [0.3, 0.4) is 0 Å². The molecule has 0 amide bonds. The van der Waals surface area contributed by atoms with E-state index in [1.165, 1.54) is 6.42 Å². The first kappa shape index (κ1) is 16.2. The molecule has 0 N–H and O–H groups in total. The van der Waals surface area contributed by atoms with Gasteiger partial charge in [0.25, 0.3) is 0 Å². The summed E-state index contributed by atoms with van der Waals surface area (Å²) in [6, 6.07) is 0. The first-order valence-electron chi connectivity index (χ1n) is 7.67. The standard InChI is InChI=1S/C17H33P/c1-9-11-17(13(5)6)15(18-17)14(7)16(8,10-2)12(3)4/h9,11-15,18H,10H2,1-8H3. The molecule has 0 aromatic heterocycles. The number of hydrogen-bond acceptors (Lipinski definition) is 0. The van der Waals surface area contributed by atoms with Crippen molar-refractivity contribution in [1.29, 1.82) is 0 Å². The minimum absolute atomic E-state index is 0.496. The van der Waals surface area contributed by atoms with Crippen molar-refractivity contribution in [2.75, 3.05) is 0 Å². The van der Waals surface area contributed by atoms with Gasteiger partial charge in [0.1, 0.15) is 0 Å². The highest BCUT2D eigenvalue weighted by molar-refractivity contribution is 7.50. The predicted molar refractivity (Wildman–Crippen MR) is 86.9 cm³/mol. The van der Waals surface area contributed by atoms with E-state index in [1.807, 2.05) is 0 Å². The predicted octanol–water partition coefficient (Wildman–Crippen LogP) is 5.73. The van der Waals surface area contributed by atoms with Crippen LogP contribution in [0.15, 0.2) is 12.2 Å². The van der Waals surface area contributed by atoms with Gasteiger partial charge in [0.15, 0.2) is 0 Å². The molecule has 0 radical (unpaired) electrons. The molecule has 0 saturated carbocycles. The summed E-state index contributed by atoms with van der Waals surface area (Å²) >= 11 is 0. The van der Waals surface area contributed by atoms with Crippen LogP contribution in [0.4, 0.5) is 0 Å². The third-order valence-corrected chi connectivity index (χ3v) is 8.39. The fraction of sp³-hybridized carbons (Fsp3) is 0.882. The molecule has 1 saturated heterocycles. The van der Waals surface area contributed by atoms with E-state index >= 15 is 0 Å². The van der Waals surface area contributed by atoms with Gasteiger partial charge in [-0.15, -0.1) is 8.58 Å². The number of rotatable bonds is 6. The molecule has 0 aliphatic carbocycles. The zero-order chi connectivity index (χ0) is 14.1. The number of allylic oxidation sites excluding steroid dienone is 2. The zero-order valence-corrected chi connectivity index (χ0v) is 14.7. The van der Waals surface area contributed by atoms with Crippen LogP contribution >= 0.6 is 8.58 Å². The van der Waals surface area contributed by atoms with Crippen LogP contribution in [0.2, 0.25) is 0 Å². The van der Waals surface area contributed by atoms with E-state index in [1.54, 1.807) is 0 Å². The van der Waals surface area contributed by atoms with E-state index in [0.717, 1.165) is 32.0 Å². The molecule has 0 spiro atoms. The van der Waals surface area contributed by atoms with E-state index in [-0.39, 0.29) is 0 Å². The lowest BCUT2D eigenvalue weighted by Gasteiger charge is -2.40. The second-order valence-electron chi connectivity index (χ2n) is 7.01. The third kappa shape index (κ3) is 2.55. The van der Waals surface area contributed by atoms with E-state index < -0.39 is 0 Å². The lowest BCUT2D eigenvalue weighted by atomic mass is 9.65. The van der Waals surface area contributed by atoms with Gasteiger partial charge >= 0.3 is 0 Å². The van der Waals surface area contributed by atoms with Crippen LogP contribution in [0.25, 0.3) is 0 Å². The van der Waals surface area contributed by atoms with Crippen LogP contribution in [0.5, 0.6) is 0 Å². The minimum Gasteiger partial charge on any atom is -0.106 e. The maximum Gasteiger partial charge on any atom is 0.0149 e. The molecule has 5 atom stereocenters. The summed E-state index contributed by atoms with van der Waals surface area (Å²) in [4.78, 5) is 0. The molecule has 1 aliphatic heterocycles. The molecular weight excluding hydrogens is 235 g/mol. The quantitative estimate of drug-likeness (QED) is 0.426. The monoisotopic (exact) mass is 268 g/mol. The summed E-state index contributed by atoms with van der Waals surface area (Å²) in [5, 5.41) is 0.527. The zero-order valence-electron chi connectivity index (χ0n) is 13.7. The Morgan fingerprint density at radius 1 is 1.22 bits per heavy atom. The van der Waals surface area contributed by atoms with Gasteiger partial charge in [-0.05, 0) is 35.8 Å². The van der Waals surface area contributed by atoms with E-state index in [9.17, 15) is 0 Å². The Morgan fingerprint density at radius 2 is 1.78 bits per heavy atom. The Morgan fingerprint density at radius 3 is 2.11 bits per heavy atom. The van der Waals surface area contributed by atoms with Crippen LogP contribution in [-0.4, -0.2) is 10.8 Å². The Hall–Kier alpha value is 0.170. The third-order valence-electron chi connectivity index (χ3n) is 5.86. The van der Waals surface area contributed by atoms with Crippen molar-refractivity contribution in [2.24, 2.45) is 23.2 Å². The van der Waals surface area contributed by atoms with Crippen LogP contribution < -0.4 is 0 Å². The van der Waals surface area contributed by atoms with Crippen molar-refractivity contribution in [3.63, 3.8) is 0 Å². The molecule has 5 unspecified atom stereocenters. The summed E-state index contributed by atoms with van der Waals surface area (Å²) in [7, 11) is 1.14. The average Bonchev–Trinajstić information content (AvgIpc) is 3.03. The Labute approximate surface area is 117 Å².